The van der Waals surface area contributed by atoms with Crippen LogP contribution in [0.3, 0.4) is 0 Å². The van der Waals surface area contributed by atoms with E-state index in [2.05, 4.69) is 17.6 Å². The van der Waals surface area contributed by atoms with E-state index < -0.39 is 6.04 Å². The average molecular weight is 321 g/mol. The molecule has 0 aliphatic carbocycles. The second-order valence-corrected chi connectivity index (χ2v) is 5.51. The zero-order valence-electron chi connectivity index (χ0n) is 14.0. The molecule has 0 fully saturated rings. The first-order valence-corrected chi connectivity index (χ1v) is 8.34. The zero-order valence-corrected chi connectivity index (χ0v) is 14.0. The van der Waals surface area contributed by atoms with Gasteiger partial charge in [-0.05, 0) is 25.5 Å². The molecule has 0 aromatic carbocycles. The van der Waals surface area contributed by atoms with E-state index in [4.69, 9.17) is 0 Å². The van der Waals surface area contributed by atoms with Crippen LogP contribution in [0.2, 0.25) is 0 Å². The highest BCUT2D eigenvalue weighted by Gasteiger charge is 2.21. The maximum absolute atomic E-state index is 12.4. The van der Waals surface area contributed by atoms with Crippen LogP contribution in [0, 0.1) is 0 Å². The van der Waals surface area contributed by atoms with Gasteiger partial charge in [0.15, 0.2) is 0 Å². The number of rotatable bonds is 11. The third-order valence-corrected chi connectivity index (χ3v) is 3.76. The Labute approximate surface area is 137 Å². The van der Waals surface area contributed by atoms with E-state index >= 15 is 0 Å². The summed E-state index contributed by atoms with van der Waals surface area (Å²) >= 11 is 0. The minimum absolute atomic E-state index is 0.159. The fourth-order valence-corrected chi connectivity index (χ4v) is 2.56. The maximum Gasteiger partial charge on any atom is 0.275 e. The molecule has 1 rings (SSSR count). The van der Waals surface area contributed by atoms with Gasteiger partial charge in [-0.3, -0.25) is 14.4 Å². The van der Waals surface area contributed by atoms with E-state index in [1.165, 1.54) is 23.5 Å². The van der Waals surface area contributed by atoms with E-state index in [0.29, 0.717) is 19.4 Å². The number of likely N-dealkylation sites (N-methyl/N-ethyl adjacent to an activating group) is 1. The molecule has 1 unspecified atom stereocenters. The lowest BCUT2D eigenvalue weighted by Gasteiger charge is -2.19. The highest BCUT2D eigenvalue weighted by Crippen LogP contribution is 2.16. The van der Waals surface area contributed by atoms with E-state index in [1.807, 2.05) is 6.92 Å². The van der Waals surface area contributed by atoms with Crippen molar-refractivity contribution in [3.63, 3.8) is 0 Å². The van der Waals surface area contributed by atoms with Crippen molar-refractivity contribution in [1.82, 2.24) is 9.88 Å². The van der Waals surface area contributed by atoms with Crippen LogP contribution >= 0.6 is 0 Å². The second kappa shape index (κ2) is 10.6. The molecule has 0 radical (unpaired) electrons. The van der Waals surface area contributed by atoms with Crippen LogP contribution in [0.4, 0.5) is 5.69 Å². The lowest BCUT2D eigenvalue weighted by molar-refractivity contribution is -0.124. The lowest BCUT2D eigenvalue weighted by Crippen LogP contribution is -2.37. The van der Waals surface area contributed by atoms with Gasteiger partial charge in [0.05, 0.1) is 0 Å². The summed E-state index contributed by atoms with van der Waals surface area (Å²) in [5.74, 6) is -0.159. The molecule has 2 N–H and O–H groups in total. The summed E-state index contributed by atoms with van der Waals surface area (Å²) in [5.41, 5.74) is -0.174. The Kier molecular flexibility index (Phi) is 8.72. The van der Waals surface area contributed by atoms with Gasteiger partial charge >= 0.3 is 0 Å². The first-order valence-electron chi connectivity index (χ1n) is 8.34. The Morgan fingerprint density at radius 1 is 1.26 bits per heavy atom. The zero-order chi connectivity index (χ0) is 17.1. The fraction of sp³-hybridized carbons (Fsp3) is 0.588. The number of anilines is 1. The van der Waals surface area contributed by atoms with Crippen LogP contribution in [-0.2, 0) is 9.59 Å². The number of aromatic nitrogens is 1. The summed E-state index contributed by atoms with van der Waals surface area (Å²) in [6.45, 7) is 4.53. The van der Waals surface area contributed by atoms with Gasteiger partial charge in [0.25, 0.3) is 5.56 Å². The topological polar surface area (TPSA) is 80.2 Å². The molecule has 1 aromatic rings. The molecule has 128 valence electrons. The molecule has 0 bridgehead atoms. The SMILES string of the molecule is CCCCCCCC(C(=O)NCC)n1cccc(NC=O)c1=O. The molecule has 0 saturated carbocycles. The number of nitrogens with zero attached hydrogens (tertiary/aromatic N) is 1. The van der Waals surface area contributed by atoms with Crippen LogP contribution < -0.4 is 16.2 Å². The standard InChI is InChI=1S/C17H27N3O3/c1-3-5-6-7-8-11-15(16(22)18-4-2)20-12-9-10-14(17(20)23)19-13-21/h9-10,12-13,15H,3-8,11H2,1-2H3,(H,18,22)(H,19,21). The van der Waals surface area contributed by atoms with Crippen molar-refractivity contribution in [2.45, 2.75) is 58.4 Å². The molecular formula is C17H27N3O3. The van der Waals surface area contributed by atoms with Crippen molar-refractivity contribution >= 4 is 18.0 Å². The molecular weight excluding hydrogens is 294 g/mol. The fourth-order valence-electron chi connectivity index (χ4n) is 2.56. The summed E-state index contributed by atoms with van der Waals surface area (Å²) in [7, 11) is 0. The molecule has 6 nitrogen and oxygen atoms in total. The summed E-state index contributed by atoms with van der Waals surface area (Å²) in [6, 6.07) is 2.65. The van der Waals surface area contributed by atoms with E-state index in [9.17, 15) is 14.4 Å². The Morgan fingerprint density at radius 3 is 2.65 bits per heavy atom. The van der Waals surface area contributed by atoms with E-state index in [0.717, 1.165) is 19.3 Å². The smallest absolute Gasteiger partial charge is 0.275 e. The molecule has 23 heavy (non-hydrogen) atoms. The first kappa shape index (κ1) is 18.9. The first-order chi connectivity index (χ1) is 11.2. The molecule has 0 spiro atoms. The van der Waals surface area contributed by atoms with E-state index in [-0.39, 0.29) is 17.2 Å². The average Bonchev–Trinajstić information content (AvgIpc) is 2.54. The van der Waals surface area contributed by atoms with Crippen LogP contribution in [0.5, 0.6) is 0 Å². The minimum Gasteiger partial charge on any atom is -0.355 e. The lowest BCUT2D eigenvalue weighted by atomic mass is 10.1. The number of pyridine rings is 1. The number of hydrogen-bond acceptors (Lipinski definition) is 3. The Balaban J connectivity index is 2.91. The molecule has 0 saturated heterocycles. The number of carbonyl (C=O) groups is 2. The van der Waals surface area contributed by atoms with Crippen molar-refractivity contribution in [3.05, 3.63) is 28.7 Å². The number of nitrogens with one attached hydrogen (secondary N) is 2. The van der Waals surface area contributed by atoms with Crippen LogP contribution in [0.15, 0.2) is 23.1 Å². The normalized spacial score (nSPS) is 11.7. The Hall–Kier alpha value is -2.11. The summed E-state index contributed by atoms with van der Waals surface area (Å²) < 4.78 is 1.41. The monoisotopic (exact) mass is 321 g/mol. The van der Waals surface area contributed by atoms with Crippen molar-refractivity contribution in [2.24, 2.45) is 0 Å². The Bertz CT molecular complexity index is 554. The van der Waals surface area contributed by atoms with Crippen LogP contribution in [0.25, 0.3) is 0 Å². The van der Waals surface area contributed by atoms with Gasteiger partial charge in [-0.15, -0.1) is 0 Å². The van der Waals surface area contributed by atoms with Gasteiger partial charge < -0.3 is 15.2 Å². The molecule has 1 heterocycles. The number of carbonyl (C=O) groups excluding carboxylic acids is 2. The van der Waals surface area contributed by atoms with Gasteiger partial charge in [0.1, 0.15) is 11.7 Å². The van der Waals surface area contributed by atoms with Crippen molar-refractivity contribution in [3.8, 4) is 0 Å². The largest absolute Gasteiger partial charge is 0.355 e. The van der Waals surface area contributed by atoms with Crippen molar-refractivity contribution in [1.29, 1.82) is 0 Å². The predicted octanol–water partition coefficient (Wildman–Crippen LogP) is 2.45. The summed E-state index contributed by atoms with van der Waals surface area (Å²) in [6.07, 6.45) is 8.10. The number of amides is 2. The molecule has 1 atom stereocenters. The molecule has 2 amide bonds. The quantitative estimate of drug-likeness (QED) is 0.485. The second-order valence-electron chi connectivity index (χ2n) is 5.51. The predicted molar refractivity (Wildman–Crippen MR) is 91.5 cm³/mol. The van der Waals surface area contributed by atoms with Crippen LogP contribution in [-0.4, -0.2) is 23.4 Å². The molecule has 6 heteroatoms. The van der Waals surface area contributed by atoms with Gasteiger partial charge in [-0.25, -0.2) is 0 Å². The molecule has 0 aliphatic rings. The maximum atomic E-state index is 12.4. The molecule has 0 aliphatic heterocycles. The van der Waals surface area contributed by atoms with Gasteiger partial charge in [0, 0.05) is 12.7 Å². The van der Waals surface area contributed by atoms with Crippen LogP contribution in [0.1, 0.15) is 58.4 Å². The van der Waals surface area contributed by atoms with Crippen molar-refractivity contribution < 1.29 is 9.59 Å². The summed E-state index contributed by atoms with van der Waals surface area (Å²) in [5, 5.41) is 5.17. The highest BCUT2D eigenvalue weighted by molar-refractivity contribution is 5.80. The van der Waals surface area contributed by atoms with Crippen molar-refractivity contribution in [2.75, 3.05) is 11.9 Å². The van der Waals surface area contributed by atoms with Gasteiger partial charge in [0.2, 0.25) is 12.3 Å². The third-order valence-electron chi connectivity index (χ3n) is 3.76. The minimum atomic E-state index is -0.544. The summed E-state index contributed by atoms with van der Waals surface area (Å²) in [4.78, 5) is 35.3. The number of unbranched alkanes of at least 4 members (excludes halogenated alkanes) is 4. The van der Waals surface area contributed by atoms with Gasteiger partial charge in [-0.1, -0.05) is 39.0 Å². The number of hydrogen-bond donors (Lipinski definition) is 2. The third kappa shape index (κ3) is 5.88. The van der Waals surface area contributed by atoms with Gasteiger partial charge in [-0.2, -0.15) is 0 Å². The molecule has 1 aromatic heterocycles. The Morgan fingerprint density at radius 2 is 2.00 bits per heavy atom. The highest BCUT2D eigenvalue weighted by atomic mass is 16.2. The van der Waals surface area contributed by atoms with E-state index in [1.54, 1.807) is 12.3 Å².